The van der Waals surface area contributed by atoms with Crippen LogP contribution in [0, 0.1) is 25.6 Å². The maximum Gasteiger partial charge on any atom is 0.354 e. The number of hydrogen-bond acceptors (Lipinski definition) is 5. The van der Waals surface area contributed by atoms with Gasteiger partial charge in [-0.25, -0.2) is 9.18 Å². The number of rotatable bonds is 6. The fraction of sp³-hybridized carbons (Fsp3) is 0.583. The summed E-state index contributed by atoms with van der Waals surface area (Å²) in [6.45, 7) is 8.72. The molecule has 0 bridgehead atoms. The van der Waals surface area contributed by atoms with E-state index in [9.17, 15) is 9.18 Å². The second-order valence-corrected chi connectivity index (χ2v) is 8.33. The van der Waals surface area contributed by atoms with Crippen molar-refractivity contribution in [2.24, 2.45) is 16.6 Å². The van der Waals surface area contributed by atoms with Crippen LogP contribution in [0.2, 0.25) is 0 Å². The first-order valence-corrected chi connectivity index (χ1v) is 11.1. The summed E-state index contributed by atoms with van der Waals surface area (Å²) in [5.41, 5.74) is 11.0. The summed E-state index contributed by atoms with van der Waals surface area (Å²) in [7, 11) is 0. The SMILES string of the molecule is CCOC(=O)/C(N)=C1\CCCC1=NCCC1CCN(c2ccc(F)c(C)c2C)CC1. The van der Waals surface area contributed by atoms with Crippen LogP contribution in [0.5, 0.6) is 0 Å². The Morgan fingerprint density at radius 3 is 2.67 bits per heavy atom. The Hall–Kier alpha value is -2.37. The number of nitrogens with two attached hydrogens (primary N) is 1. The normalized spacial score (nSPS) is 20.7. The molecule has 2 aliphatic rings. The largest absolute Gasteiger partial charge is 0.461 e. The highest BCUT2D eigenvalue weighted by molar-refractivity contribution is 6.07. The van der Waals surface area contributed by atoms with Crippen molar-refractivity contribution in [2.45, 2.75) is 59.3 Å². The van der Waals surface area contributed by atoms with Crippen molar-refractivity contribution >= 4 is 17.4 Å². The van der Waals surface area contributed by atoms with Crippen LogP contribution in [0.25, 0.3) is 0 Å². The Bertz CT molecular complexity index is 839. The first-order chi connectivity index (χ1) is 14.4. The molecule has 6 heteroatoms. The van der Waals surface area contributed by atoms with Crippen LogP contribution in [0.3, 0.4) is 0 Å². The molecule has 0 radical (unpaired) electrons. The average molecular weight is 416 g/mol. The summed E-state index contributed by atoms with van der Waals surface area (Å²) in [5, 5.41) is 0. The standard InChI is InChI=1S/C24H34FN3O2/c1-4-30-24(29)23(26)19-6-5-7-21(19)27-13-10-18-11-14-28(15-12-18)22-9-8-20(25)16(2)17(22)3/h8-9,18H,4-7,10-15,26H2,1-3H3/b23-19-,27-21?. The number of hydrogen-bond donors (Lipinski definition) is 1. The maximum absolute atomic E-state index is 13.7. The van der Waals surface area contributed by atoms with Gasteiger partial charge in [0, 0.05) is 36.6 Å². The summed E-state index contributed by atoms with van der Waals surface area (Å²) in [6.07, 6.45) is 5.96. The van der Waals surface area contributed by atoms with Crippen molar-refractivity contribution < 1.29 is 13.9 Å². The number of piperidine rings is 1. The van der Waals surface area contributed by atoms with Crippen molar-refractivity contribution in [2.75, 3.05) is 31.1 Å². The lowest BCUT2D eigenvalue weighted by Crippen LogP contribution is -2.34. The van der Waals surface area contributed by atoms with E-state index < -0.39 is 5.97 Å². The minimum absolute atomic E-state index is 0.130. The molecule has 1 saturated heterocycles. The Labute approximate surface area is 179 Å². The molecular weight excluding hydrogens is 381 g/mol. The number of carbonyl (C=O) groups excluding carboxylic acids is 1. The van der Waals surface area contributed by atoms with Crippen molar-refractivity contribution in [1.82, 2.24) is 0 Å². The third kappa shape index (κ3) is 5.02. The van der Waals surface area contributed by atoms with E-state index in [1.165, 1.54) is 0 Å². The maximum atomic E-state index is 13.7. The molecule has 0 unspecified atom stereocenters. The Balaban J connectivity index is 1.53. The monoisotopic (exact) mass is 415 g/mol. The van der Waals surface area contributed by atoms with Crippen LogP contribution in [-0.4, -0.2) is 37.9 Å². The minimum atomic E-state index is -0.430. The Morgan fingerprint density at radius 2 is 1.97 bits per heavy atom. The zero-order valence-electron chi connectivity index (χ0n) is 18.5. The Morgan fingerprint density at radius 1 is 1.23 bits per heavy atom. The van der Waals surface area contributed by atoms with Gasteiger partial charge in [-0.05, 0) is 88.5 Å². The molecule has 1 heterocycles. The summed E-state index contributed by atoms with van der Waals surface area (Å²) < 4.78 is 18.8. The molecule has 5 nitrogen and oxygen atoms in total. The Kier molecular flexibility index (Phi) is 7.51. The third-order valence-corrected chi connectivity index (χ3v) is 6.50. The van der Waals surface area contributed by atoms with Crippen LogP contribution in [-0.2, 0) is 9.53 Å². The topological polar surface area (TPSA) is 67.9 Å². The van der Waals surface area contributed by atoms with Gasteiger partial charge < -0.3 is 15.4 Å². The van der Waals surface area contributed by atoms with Crippen molar-refractivity contribution in [3.8, 4) is 0 Å². The summed E-state index contributed by atoms with van der Waals surface area (Å²) in [4.78, 5) is 19.1. The molecular formula is C24H34FN3O2. The number of halogens is 1. The van der Waals surface area contributed by atoms with Gasteiger partial charge in [0.1, 0.15) is 11.5 Å². The van der Waals surface area contributed by atoms with Crippen LogP contribution >= 0.6 is 0 Å². The molecule has 1 aliphatic carbocycles. The third-order valence-electron chi connectivity index (χ3n) is 6.50. The fourth-order valence-electron chi connectivity index (χ4n) is 4.48. The summed E-state index contributed by atoms with van der Waals surface area (Å²) in [5.74, 6) is 0.0821. The van der Waals surface area contributed by atoms with Gasteiger partial charge in [-0.3, -0.25) is 4.99 Å². The van der Waals surface area contributed by atoms with E-state index in [0.29, 0.717) is 12.5 Å². The molecule has 164 valence electrons. The van der Waals surface area contributed by atoms with Gasteiger partial charge in [0.2, 0.25) is 0 Å². The van der Waals surface area contributed by atoms with E-state index in [-0.39, 0.29) is 11.5 Å². The number of benzene rings is 1. The van der Waals surface area contributed by atoms with E-state index >= 15 is 0 Å². The lowest BCUT2D eigenvalue weighted by atomic mass is 9.92. The van der Waals surface area contributed by atoms with Crippen LogP contribution in [0.4, 0.5) is 10.1 Å². The lowest BCUT2D eigenvalue weighted by Gasteiger charge is -2.34. The molecule has 3 rings (SSSR count). The first kappa shape index (κ1) is 22.3. The smallest absolute Gasteiger partial charge is 0.354 e. The molecule has 1 aromatic carbocycles. The number of aliphatic imine (C=N–C) groups is 1. The van der Waals surface area contributed by atoms with E-state index in [4.69, 9.17) is 15.5 Å². The number of nitrogens with zero attached hydrogens (tertiary/aromatic N) is 2. The zero-order valence-corrected chi connectivity index (χ0v) is 18.5. The molecule has 30 heavy (non-hydrogen) atoms. The molecule has 1 saturated carbocycles. The molecule has 0 spiro atoms. The minimum Gasteiger partial charge on any atom is -0.461 e. The molecule has 0 aromatic heterocycles. The van der Waals surface area contributed by atoms with Gasteiger partial charge in [0.25, 0.3) is 0 Å². The highest BCUT2D eigenvalue weighted by Crippen LogP contribution is 2.30. The van der Waals surface area contributed by atoms with E-state index in [1.54, 1.807) is 13.0 Å². The molecule has 2 fully saturated rings. The number of esters is 1. The highest BCUT2D eigenvalue weighted by Gasteiger charge is 2.24. The first-order valence-electron chi connectivity index (χ1n) is 11.1. The second-order valence-electron chi connectivity index (χ2n) is 8.33. The number of ether oxygens (including phenoxy) is 1. The van der Waals surface area contributed by atoms with Crippen LogP contribution < -0.4 is 10.6 Å². The molecule has 1 aliphatic heterocycles. The fourth-order valence-corrected chi connectivity index (χ4v) is 4.48. The van der Waals surface area contributed by atoms with Gasteiger partial charge in [-0.15, -0.1) is 0 Å². The predicted octanol–water partition coefficient (Wildman–Crippen LogP) is 4.45. The number of allylic oxidation sites excluding steroid dienone is 1. The van der Waals surface area contributed by atoms with Gasteiger partial charge in [-0.2, -0.15) is 0 Å². The van der Waals surface area contributed by atoms with Gasteiger partial charge in [0.15, 0.2) is 0 Å². The van der Waals surface area contributed by atoms with Crippen LogP contribution in [0.1, 0.15) is 56.6 Å². The van der Waals surface area contributed by atoms with Gasteiger partial charge >= 0.3 is 5.97 Å². The van der Waals surface area contributed by atoms with Crippen molar-refractivity contribution in [1.29, 1.82) is 0 Å². The molecule has 2 N–H and O–H groups in total. The lowest BCUT2D eigenvalue weighted by molar-refractivity contribution is -0.138. The summed E-state index contributed by atoms with van der Waals surface area (Å²) in [6, 6.07) is 3.49. The van der Waals surface area contributed by atoms with Gasteiger partial charge in [-0.1, -0.05) is 0 Å². The van der Waals surface area contributed by atoms with E-state index in [2.05, 4.69) is 4.90 Å². The summed E-state index contributed by atoms with van der Waals surface area (Å²) >= 11 is 0. The molecule has 0 amide bonds. The zero-order chi connectivity index (χ0) is 21.7. The van der Waals surface area contributed by atoms with Crippen molar-refractivity contribution in [3.63, 3.8) is 0 Å². The quantitative estimate of drug-likeness (QED) is 0.551. The van der Waals surface area contributed by atoms with Crippen molar-refractivity contribution in [3.05, 3.63) is 40.3 Å². The second kappa shape index (κ2) is 10.1. The molecule has 0 atom stereocenters. The van der Waals surface area contributed by atoms with Gasteiger partial charge in [0.05, 0.1) is 6.61 Å². The van der Waals surface area contributed by atoms with E-state index in [0.717, 1.165) is 86.3 Å². The highest BCUT2D eigenvalue weighted by atomic mass is 19.1. The van der Waals surface area contributed by atoms with Crippen LogP contribution in [0.15, 0.2) is 28.4 Å². The number of carbonyl (C=O) groups is 1. The average Bonchev–Trinajstić information content (AvgIpc) is 3.21. The predicted molar refractivity (Wildman–Crippen MR) is 119 cm³/mol. The molecule has 1 aromatic rings. The van der Waals surface area contributed by atoms with E-state index in [1.807, 2.05) is 19.9 Å². The number of anilines is 1.